The van der Waals surface area contributed by atoms with Crippen molar-refractivity contribution in [1.82, 2.24) is 4.90 Å². The molecule has 7 nitrogen and oxygen atoms in total. The van der Waals surface area contributed by atoms with Crippen molar-refractivity contribution in [1.29, 1.82) is 0 Å². The Bertz CT molecular complexity index is 567. The third-order valence-electron chi connectivity index (χ3n) is 2.70. The van der Waals surface area contributed by atoms with Crippen molar-refractivity contribution in [2.45, 2.75) is 6.42 Å². The SMILES string of the molecule is CN(C)/C(C(N)=O)=C(/N)N=CCc1ccc(N[S+](C)[O-])cc1. The minimum Gasteiger partial charge on any atom is -0.593 e. The van der Waals surface area contributed by atoms with Crippen LogP contribution in [0.4, 0.5) is 5.69 Å². The number of carbonyl (C=O) groups is 1. The number of aliphatic imine (C=N–C) groups is 1. The predicted octanol–water partition coefficient (Wildman–Crippen LogP) is 0.180. The highest BCUT2D eigenvalue weighted by molar-refractivity contribution is 7.92. The Hall–Kier alpha value is -2.19. The highest BCUT2D eigenvalue weighted by Gasteiger charge is 2.11. The lowest BCUT2D eigenvalue weighted by Crippen LogP contribution is -2.28. The van der Waals surface area contributed by atoms with Gasteiger partial charge in [0.1, 0.15) is 12.0 Å². The maximum Gasteiger partial charge on any atom is 0.268 e. The second-order valence-corrected chi connectivity index (χ2v) is 5.87. The van der Waals surface area contributed by atoms with E-state index in [0.29, 0.717) is 6.42 Å². The highest BCUT2D eigenvalue weighted by Crippen LogP contribution is 2.11. The summed E-state index contributed by atoms with van der Waals surface area (Å²) in [6, 6.07) is 7.45. The molecule has 0 aliphatic rings. The van der Waals surface area contributed by atoms with Crippen molar-refractivity contribution in [3.05, 3.63) is 41.3 Å². The lowest BCUT2D eigenvalue weighted by molar-refractivity contribution is -0.115. The molecule has 0 heterocycles. The summed E-state index contributed by atoms with van der Waals surface area (Å²) < 4.78 is 13.8. The van der Waals surface area contributed by atoms with E-state index in [0.717, 1.165) is 11.3 Å². The first-order valence-electron chi connectivity index (χ1n) is 6.49. The molecule has 0 aromatic heterocycles. The van der Waals surface area contributed by atoms with Crippen LogP contribution in [0, 0.1) is 0 Å². The average molecular weight is 323 g/mol. The number of amides is 1. The summed E-state index contributed by atoms with van der Waals surface area (Å²) in [5, 5.41) is 0. The number of nitrogens with one attached hydrogen (secondary N) is 1. The number of primary amides is 1. The lowest BCUT2D eigenvalue weighted by atomic mass is 10.1. The van der Waals surface area contributed by atoms with Gasteiger partial charge in [-0.1, -0.05) is 12.1 Å². The molecule has 5 N–H and O–H groups in total. The van der Waals surface area contributed by atoms with Gasteiger partial charge in [0.2, 0.25) is 0 Å². The molecule has 8 heteroatoms. The summed E-state index contributed by atoms with van der Waals surface area (Å²) >= 11 is -1.10. The second kappa shape index (κ2) is 8.30. The largest absolute Gasteiger partial charge is 0.593 e. The van der Waals surface area contributed by atoms with E-state index in [-0.39, 0.29) is 11.5 Å². The van der Waals surface area contributed by atoms with Crippen molar-refractivity contribution in [3.63, 3.8) is 0 Å². The smallest absolute Gasteiger partial charge is 0.268 e. The van der Waals surface area contributed by atoms with E-state index in [4.69, 9.17) is 11.5 Å². The van der Waals surface area contributed by atoms with Gasteiger partial charge in [0.15, 0.2) is 5.82 Å². The number of benzene rings is 1. The van der Waals surface area contributed by atoms with Crippen LogP contribution in [0.2, 0.25) is 0 Å². The Kier molecular flexibility index (Phi) is 6.74. The number of hydrogen-bond donors (Lipinski definition) is 3. The molecule has 0 aliphatic carbocycles. The van der Waals surface area contributed by atoms with Gasteiger partial charge < -0.3 is 20.9 Å². The van der Waals surface area contributed by atoms with Gasteiger partial charge in [-0.15, -0.1) is 0 Å². The minimum absolute atomic E-state index is 0.0807. The van der Waals surface area contributed by atoms with Gasteiger partial charge in [-0.25, -0.2) is 9.71 Å². The fraction of sp³-hybridized carbons (Fsp3) is 0.286. The van der Waals surface area contributed by atoms with Crippen LogP contribution in [0.1, 0.15) is 5.56 Å². The fourth-order valence-corrected chi connectivity index (χ4v) is 2.23. The molecule has 1 unspecified atom stereocenters. The van der Waals surface area contributed by atoms with Crippen molar-refractivity contribution in [2.75, 3.05) is 25.1 Å². The Morgan fingerprint density at radius 3 is 2.41 bits per heavy atom. The van der Waals surface area contributed by atoms with E-state index in [9.17, 15) is 9.35 Å². The molecule has 120 valence electrons. The van der Waals surface area contributed by atoms with Crippen LogP contribution >= 0.6 is 0 Å². The van der Waals surface area contributed by atoms with Crippen LogP contribution < -0.4 is 16.2 Å². The molecular formula is C14H21N5O2S. The van der Waals surface area contributed by atoms with Crippen molar-refractivity contribution in [3.8, 4) is 0 Å². The number of rotatable bonds is 7. The second-order valence-electron chi connectivity index (χ2n) is 4.76. The van der Waals surface area contributed by atoms with Crippen molar-refractivity contribution in [2.24, 2.45) is 16.5 Å². The number of carbonyl (C=O) groups excluding carboxylic acids is 1. The molecule has 0 bridgehead atoms. The van der Waals surface area contributed by atoms with Crippen LogP contribution in [0.3, 0.4) is 0 Å². The summed E-state index contributed by atoms with van der Waals surface area (Å²) in [6.45, 7) is 0. The predicted molar refractivity (Wildman–Crippen MR) is 90.4 cm³/mol. The Labute approximate surface area is 133 Å². The summed E-state index contributed by atoms with van der Waals surface area (Å²) in [5.41, 5.74) is 13.0. The average Bonchev–Trinajstić information content (AvgIpc) is 2.39. The Morgan fingerprint density at radius 1 is 1.36 bits per heavy atom. The van der Waals surface area contributed by atoms with Gasteiger partial charge in [-0.2, -0.15) is 0 Å². The van der Waals surface area contributed by atoms with Gasteiger partial charge in [-0.3, -0.25) is 4.79 Å². The molecule has 22 heavy (non-hydrogen) atoms. The van der Waals surface area contributed by atoms with Crippen LogP contribution in [0.15, 0.2) is 40.8 Å². The van der Waals surface area contributed by atoms with Crippen molar-refractivity contribution < 1.29 is 9.35 Å². The third-order valence-corrected chi connectivity index (χ3v) is 3.22. The van der Waals surface area contributed by atoms with E-state index in [1.165, 1.54) is 4.90 Å². The molecule has 0 fully saturated rings. The maximum atomic E-state index is 11.3. The molecular weight excluding hydrogens is 302 g/mol. The first-order chi connectivity index (χ1) is 10.3. The molecule has 0 saturated carbocycles. The Morgan fingerprint density at radius 2 is 1.95 bits per heavy atom. The number of nitrogens with zero attached hydrogens (tertiary/aromatic N) is 2. The van der Waals surface area contributed by atoms with Crippen molar-refractivity contribution >= 4 is 29.2 Å². The zero-order valence-corrected chi connectivity index (χ0v) is 13.7. The van der Waals surface area contributed by atoms with Crippen LogP contribution in [0.25, 0.3) is 0 Å². The van der Waals surface area contributed by atoms with Crippen LogP contribution in [-0.4, -0.2) is 41.9 Å². The zero-order chi connectivity index (χ0) is 16.7. The van der Waals surface area contributed by atoms with Gasteiger partial charge in [0.25, 0.3) is 5.91 Å². The summed E-state index contributed by atoms with van der Waals surface area (Å²) in [6.07, 6.45) is 3.73. The monoisotopic (exact) mass is 323 g/mol. The van der Waals surface area contributed by atoms with E-state index in [1.54, 1.807) is 26.6 Å². The van der Waals surface area contributed by atoms with E-state index < -0.39 is 17.3 Å². The molecule has 1 amide bonds. The number of hydrogen-bond acceptors (Lipinski definition) is 6. The summed E-state index contributed by atoms with van der Waals surface area (Å²) in [4.78, 5) is 16.9. The number of anilines is 1. The molecule has 0 aliphatic heterocycles. The number of likely N-dealkylation sites (N-methyl/N-ethyl adjacent to an activating group) is 1. The van der Waals surface area contributed by atoms with Crippen LogP contribution in [-0.2, 0) is 22.6 Å². The molecule has 1 rings (SSSR count). The molecule has 1 aromatic rings. The molecule has 1 aromatic carbocycles. The van der Waals surface area contributed by atoms with Gasteiger partial charge in [0, 0.05) is 26.7 Å². The molecule has 0 radical (unpaired) electrons. The van der Waals surface area contributed by atoms with Gasteiger partial charge in [0.05, 0.1) is 17.0 Å². The first-order valence-corrected chi connectivity index (χ1v) is 8.05. The molecule has 0 saturated heterocycles. The Balaban J connectivity index is 2.72. The first kappa shape index (κ1) is 17.9. The summed E-state index contributed by atoms with van der Waals surface area (Å²) in [5.74, 6) is -0.542. The van der Waals surface area contributed by atoms with Crippen LogP contribution in [0.5, 0.6) is 0 Å². The van der Waals surface area contributed by atoms with E-state index in [2.05, 4.69) is 9.71 Å². The van der Waals surface area contributed by atoms with E-state index >= 15 is 0 Å². The quantitative estimate of drug-likeness (QED) is 0.375. The lowest BCUT2D eigenvalue weighted by Gasteiger charge is -2.14. The normalized spacial score (nSPS) is 13.6. The highest BCUT2D eigenvalue weighted by atomic mass is 32.2. The van der Waals surface area contributed by atoms with E-state index in [1.807, 2.05) is 24.3 Å². The topological polar surface area (TPSA) is 120 Å². The minimum atomic E-state index is -1.10. The standard InChI is InChI=1S/C14H21N5O2S/c1-19(2)12(14(16)20)13(15)17-9-8-10-4-6-11(7-5-10)18-22(3)21/h4-7,9,18H,8,15H2,1-3H3,(H2,16,20)/b13-12-,17-9?. The fourth-order valence-electron chi connectivity index (χ4n) is 1.76. The zero-order valence-electron chi connectivity index (χ0n) is 12.9. The molecule has 1 atom stereocenters. The number of nitrogens with two attached hydrogens (primary N) is 2. The van der Waals surface area contributed by atoms with Gasteiger partial charge in [-0.05, 0) is 17.7 Å². The maximum absolute atomic E-state index is 11.3. The molecule has 0 spiro atoms. The van der Waals surface area contributed by atoms with Gasteiger partial charge >= 0.3 is 0 Å². The third kappa shape index (κ3) is 5.66. The summed E-state index contributed by atoms with van der Waals surface area (Å²) in [7, 11) is 3.34.